The number of nitrogens with one attached hydrogen (secondary N) is 1. The van der Waals surface area contributed by atoms with Crippen LogP contribution in [-0.2, 0) is 0 Å². The van der Waals surface area contributed by atoms with Crippen molar-refractivity contribution in [1.29, 1.82) is 5.26 Å². The minimum absolute atomic E-state index is 0.362. The van der Waals surface area contributed by atoms with Gasteiger partial charge in [0.1, 0.15) is 16.6 Å². The lowest BCUT2D eigenvalue weighted by Crippen LogP contribution is -2.13. The van der Waals surface area contributed by atoms with Gasteiger partial charge in [-0.15, -0.1) is 11.3 Å². The number of hydrogen-bond donors (Lipinski definition) is 2. The Labute approximate surface area is 161 Å². The Morgan fingerprint density at radius 3 is 2.70 bits per heavy atom. The molecule has 1 amide bonds. The molecule has 2 aromatic carbocycles. The third-order valence-corrected chi connectivity index (χ3v) is 5.10. The molecule has 6 heteroatoms. The molecule has 0 unspecified atom stereocenters. The van der Waals surface area contributed by atoms with Gasteiger partial charge in [0, 0.05) is 17.1 Å². The highest BCUT2D eigenvalue weighted by Gasteiger charge is 2.11. The molecule has 0 spiro atoms. The summed E-state index contributed by atoms with van der Waals surface area (Å²) in [5.74, 6) is -0.531. The van der Waals surface area contributed by atoms with Gasteiger partial charge in [0.2, 0.25) is 0 Å². The summed E-state index contributed by atoms with van der Waals surface area (Å²) in [5, 5.41) is 15.0. The Morgan fingerprint density at radius 1 is 1.22 bits per heavy atom. The number of anilines is 1. The summed E-state index contributed by atoms with van der Waals surface area (Å²) in [5.41, 5.74) is 10.9. The van der Waals surface area contributed by atoms with Crippen LogP contribution in [0, 0.1) is 25.2 Å². The van der Waals surface area contributed by atoms with Crippen LogP contribution in [-0.4, -0.2) is 10.9 Å². The third kappa shape index (κ3) is 4.05. The Morgan fingerprint density at radius 2 is 2.00 bits per heavy atom. The molecule has 134 valence electrons. The van der Waals surface area contributed by atoms with E-state index in [0.29, 0.717) is 21.8 Å². The van der Waals surface area contributed by atoms with Crippen LogP contribution in [0.5, 0.6) is 0 Å². The molecule has 0 atom stereocenters. The van der Waals surface area contributed by atoms with Gasteiger partial charge < -0.3 is 11.1 Å². The van der Waals surface area contributed by atoms with E-state index in [1.165, 1.54) is 22.5 Å². The number of aryl methyl sites for hydroxylation is 2. The maximum Gasteiger partial charge on any atom is 0.250 e. The normalized spacial score (nSPS) is 11.1. The molecule has 3 aromatic rings. The van der Waals surface area contributed by atoms with E-state index in [0.717, 1.165) is 11.3 Å². The number of nitrogens with two attached hydrogens (primary N) is 1. The van der Waals surface area contributed by atoms with Gasteiger partial charge in [-0.2, -0.15) is 5.26 Å². The van der Waals surface area contributed by atoms with Gasteiger partial charge in [-0.1, -0.05) is 24.3 Å². The Hall–Kier alpha value is -3.43. The van der Waals surface area contributed by atoms with Crippen LogP contribution in [0.25, 0.3) is 16.8 Å². The average Bonchev–Trinajstić information content (AvgIpc) is 3.14. The number of allylic oxidation sites excluding steroid dienone is 1. The number of para-hydroxylation sites is 1. The van der Waals surface area contributed by atoms with E-state index in [-0.39, 0.29) is 0 Å². The number of nitrogens with zero attached hydrogens (tertiary/aromatic N) is 2. The monoisotopic (exact) mass is 374 g/mol. The highest BCUT2D eigenvalue weighted by atomic mass is 32.1. The summed E-state index contributed by atoms with van der Waals surface area (Å²) in [4.78, 5) is 16.1. The molecule has 0 aliphatic heterocycles. The molecule has 3 rings (SSSR count). The number of primary amides is 1. The number of aromatic nitrogens is 1. The predicted molar refractivity (Wildman–Crippen MR) is 109 cm³/mol. The summed E-state index contributed by atoms with van der Waals surface area (Å²) in [6.45, 7) is 4.13. The number of nitriles is 1. The Kier molecular flexibility index (Phi) is 5.34. The van der Waals surface area contributed by atoms with Gasteiger partial charge >= 0.3 is 0 Å². The van der Waals surface area contributed by atoms with Crippen molar-refractivity contribution in [3.8, 4) is 17.3 Å². The number of amides is 1. The van der Waals surface area contributed by atoms with Gasteiger partial charge in [0.25, 0.3) is 5.91 Å². The van der Waals surface area contributed by atoms with E-state index in [1.807, 2.05) is 11.4 Å². The summed E-state index contributed by atoms with van der Waals surface area (Å²) in [6.07, 6.45) is 1.55. The van der Waals surface area contributed by atoms with Gasteiger partial charge in [0.05, 0.1) is 16.9 Å². The average molecular weight is 374 g/mol. The molecule has 0 saturated carbocycles. The molecule has 3 N–H and O–H groups in total. The largest absolute Gasteiger partial charge is 0.366 e. The van der Waals surface area contributed by atoms with E-state index in [9.17, 15) is 10.1 Å². The molecular formula is C21H18N4OS. The lowest BCUT2D eigenvalue weighted by Gasteiger charge is -2.06. The smallest absolute Gasteiger partial charge is 0.250 e. The minimum Gasteiger partial charge on any atom is -0.366 e. The molecule has 0 saturated heterocycles. The van der Waals surface area contributed by atoms with Crippen molar-refractivity contribution in [1.82, 2.24) is 4.98 Å². The van der Waals surface area contributed by atoms with Crippen molar-refractivity contribution in [3.05, 3.63) is 75.7 Å². The maximum absolute atomic E-state index is 11.5. The van der Waals surface area contributed by atoms with Crippen LogP contribution in [0.15, 0.2) is 54.0 Å². The van der Waals surface area contributed by atoms with Crippen molar-refractivity contribution < 1.29 is 4.79 Å². The fraction of sp³-hybridized carbons (Fsp3) is 0.0952. The van der Waals surface area contributed by atoms with Crippen LogP contribution in [0.3, 0.4) is 0 Å². The summed E-state index contributed by atoms with van der Waals surface area (Å²) >= 11 is 1.40. The number of carbonyl (C=O) groups excluding carboxylic acids is 1. The van der Waals surface area contributed by atoms with Crippen molar-refractivity contribution in [2.24, 2.45) is 5.73 Å². The topological polar surface area (TPSA) is 91.8 Å². The Bertz CT molecular complexity index is 1080. The molecule has 0 bridgehead atoms. The van der Waals surface area contributed by atoms with E-state index in [4.69, 9.17) is 5.73 Å². The first kappa shape index (κ1) is 18.4. The molecule has 1 aromatic heterocycles. The third-order valence-electron chi connectivity index (χ3n) is 4.22. The second-order valence-corrected chi connectivity index (χ2v) is 6.92. The highest BCUT2D eigenvalue weighted by molar-refractivity contribution is 7.11. The van der Waals surface area contributed by atoms with Gasteiger partial charge in [-0.05, 0) is 43.2 Å². The van der Waals surface area contributed by atoms with Gasteiger partial charge in [-0.25, -0.2) is 4.98 Å². The molecule has 5 nitrogen and oxygen atoms in total. The van der Waals surface area contributed by atoms with Crippen molar-refractivity contribution in [2.45, 2.75) is 13.8 Å². The van der Waals surface area contributed by atoms with Crippen LogP contribution < -0.4 is 11.1 Å². The molecule has 0 fully saturated rings. The zero-order valence-electron chi connectivity index (χ0n) is 15.0. The fourth-order valence-corrected chi connectivity index (χ4v) is 3.34. The van der Waals surface area contributed by atoms with Crippen LogP contribution in [0.2, 0.25) is 0 Å². The fourth-order valence-electron chi connectivity index (χ4n) is 2.55. The van der Waals surface area contributed by atoms with Crippen LogP contribution in [0.1, 0.15) is 26.5 Å². The number of hydrogen-bond acceptors (Lipinski definition) is 5. The van der Waals surface area contributed by atoms with E-state index < -0.39 is 5.91 Å². The molecule has 27 heavy (non-hydrogen) atoms. The molecule has 1 heterocycles. The quantitative estimate of drug-likeness (QED) is 0.643. The van der Waals surface area contributed by atoms with Gasteiger partial charge in [0.15, 0.2) is 0 Å². The van der Waals surface area contributed by atoms with Gasteiger partial charge in [-0.3, -0.25) is 4.79 Å². The van der Waals surface area contributed by atoms with E-state index in [2.05, 4.69) is 42.4 Å². The second kappa shape index (κ2) is 7.85. The molecule has 0 aliphatic carbocycles. The van der Waals surface area contributed by atoms with E-state index in [1.54, 1.807) is 30.5 Å². The zero-order chi connectivity index (χ0) is 19.4. The number of thiazole rings is 1. The minimum atomic E-state index is -0.531. The summed E-state index contributed by atoms with van der Waals surface area (Å²) in [7, 11) is 0. The van der Waals surface area contributed by atoms with Crippen molar-refractivity contribution in [2.75, 3.05) is 5.32 Å². The molecule has 0 radical (unpaired) electrons. The molecule has 0 aliphatic rings. The standard InChI is InChI=1S/C21H18N4OS/c1-13-7-8-15(9-14(13)2)19-12-27-21(25-19)16(10-22)11-24-18-6-4-3-5-17(18)20(23)26/h3-9,11-12,24H,1-2H3,(H2,23,26). The van der Waals surface area contributed by atoms with Crippen molar-refractivity contribution in [3.63, 3.8) is 0 Å². The maximum atomic E-state index is 11.5. The summed E-state index contributed by atoms with van der Waals surface area (Å²) in [6, 6.07) is 15.2. The first-order valence-electron chi connectivity index (χ1n) is 8.28. The molecular weight excluding hydrogens is 356 g/mol. The zero-order valence-corrected chi connectivity index (χ0v) is 15.8. The number of benzene rings is 2. The highest BCUT2D eigenvalue weighted by Crippen LogP contribution is 2.27. The lowest BCUT2D eigenvalue weighted by molar-refractivity contribution is 0.100. The first-order chi connectivity index (χ1) is 13.0. The number of carbonyl (C=O) groups is 1. The van der Waals surface area contributed by atoms with Crippen LogP contribution in [0.4, 0.5) is 5.69 Å². The number of rotatable bonds is 5. The van der Waals surface area contributed by atoms with E-state index >= 15 is 0 Å². The SMILES string of the molecule is Cc1ccc(-c2csc(C(C#N)=CNc3ccccc3C(N)=O)n2)cc1C. The van der Waals surface area contributed by atoms with Crippen LogP contribution >= 0.6 is 11.3 Å². The Balaban J connectivity index is 1.88. The first-order valence-corrected chi connectivity index (χ1v) is 9.16. The van der Waals surface area contributed by atoms with Crippen molar-refractivity contribution >= 4 is 28.5 Å². The summed E-state index contributed by atoms with van der Waals surface area (Å²) < 4.78 is 0. The second-order valence-electron chi connectivity index (χ2n) is 6.06. The predicted octanol–water partition coefficient (Wildman–Crippen LogP) is 4.50. The lowest BCUT2D eigenvalue weighted by atomic mass is 10.1.